The molecule has 0 radical (unpaired) electrons. The summed E-state index contributed by atoms with van der Waals surface area (Å²) in [7, 11) is 4.12. The Balaban J connectivity index is 0.00000280. The highest BCUT2D eigenvalue weighted by atomic mass is 35.5. The van der Waals surface area contributed by atoms with E-state index in [0.717, 1.165) is 37.3 Å². The van der Waals surface area contributed by atoms with Gasteiger partial charge >= 0.3 is 6.03 Å². The predicted molar refractivity (Wildman–Crippen MR) is 115 cm³/mol. The van der Waals surface area contributed by atoms with E-state index in [-0.39, 0.29) is 18.4 Å². The summed E-state index contributed by atoms with van der Waals surface area (Å²) in [4.78, 5) is 16.4. The highest BCUT2D eigenvalue weighted by Crippen LogP contribution is 2.23. The number of hydrogen-bond acceptors (Lipinski definition) is 4. The van der Waals surface area contributed by atoms with E-state index in [1.165, 1.54) is 5.01 Å². The molecule has 3 rings (SSSR count). The van der Waals surface area contributed by atoms with Crippen molar-refractivity contribution in [2.75, 3.05) is 40.3 Å². The van der Waals surface area contributed by atoms with Crippen molar-refractivity contribution >= 4 is 36.3 Å². The third-order valence-corrected chi connectivity index (χ3v) is 4.69. The maximum atomic E-state index is 12.4. The number of carbonyl (C=O) groups is 1. The van der Waals surface area contributed by atoms with E-state index in [9.17, 15) is 4.79 Å². The number of carbonyl (C=O) groups excluding carboxylic acids is 1. The van der Waals surface area contributed by atoms with Gasteiger partial charge in [0.25, 0.3) is 0 Å². The fraction of sp³-hybridized carbons (Fsp3) is 0.400. The Hall–Kier alpha value is -2.02. The first-order valence-electron chi connectivity index (χ1n) is 9.14. The number of furan rings is 1. The van der Waals surface area contributed by atoms with Gasteiger partial charge in [0, 0.05) is 23.7 Å². The van der Waals surface area contributed by atoms with E-state index >= 15 is 0 Å². The average molecular weight is 425 g/mol. The molecule has 0 aliphatic carbocycles. The van der Waals surface area contributed by atoms with Crippen molar-refractivity contribution in [3.8, 4) is 11.3 Å². The first kappa shape index (κ1) is 22.3. The minimum absolute atomic E-state index is 0. The van der Waals surface area contributed by atoms with E-state index in [2.05, 4.69) is 24.1 Å². The van der Waals surface area contributed by atoms with Crippen LogP contribution in [0, 0.1) is 0 Å². The maximum Gasteiger partial charge on any atom is 0.340 e. The van der Waals surface area contributed by atoms with Gasteiger partial charge in [-0.15, -0.1) is 12.4 Å². The van der Waals surface area contributed by atoms with Crippen LogP contribution in [0.3, 0.4) is 0 Å². The molecule has 0 saturated carbocycles. The summed E-state index contributed by atoms with van der Waals surface area (Å²) in [6.45, 7) is 3.14. The number of unbranched alkanes of at least 4 members (excludes halogenated alkanes) is 1. The quantitative estimate of drug-likeness (QED) is 0.464. The third-order valence-electron chi connectivity index (χ3n) is 4.44. The third kappa shape index (κ3) is 5.99. The molecule has 1 aliphatic heterocycles. The molecule has 6 nitrogen and oxygen atoms in total. The minimum Gasteiger partial charge on any atom is -0.455 e. The van der Waals surface area contributed by atoms with Gasteiger partial charge < -0.3 is 14.2 Å². The van der Waals surface area contributed by atoms with Crippen LogP contribution < -0.4 is 0 Å². The second kappa shape index (κ2) is 10.5. The molecule has 2 heterocycles. The SMILES string of the molecule is CN(C)CCCCN1CCN(/N=C/c2ccc(-c3ccc(Cl)cc3)o2)C1=O.Cl. The van der Waals surface area contributed by atoms with Crippen LogP contribution in [0.2, 0.25) is 5.02 Å². The second-order valence-electron chi connectivity index (χ2n) is 6.86. The highest BCUT2D eigenvalue weighted by Gasteiger charge is 2.27. The molecular formula is C20H26Cl2N4O2. The van der Waals surface area contributed by atoms with E-state index in [4.69, 9.17) is 16.0 Å². The van der Waals surface area contributed by atoms with E-state index < -0.39 is 0 Å². The number of nitrogens with zero attached hydrogens (tertiary/aromatic N) is 4. The van der Waals surface area contributed by atoms with Gasteiger partial charge in [0.1, 0.15) is 11.5 Å². The Morgan fingerprint density at radius 2 is 1.89 bits per heavy atom. The van der Waals surface area contributed by atoms with E-state index in [0.29, 0.717) is 23.9 Å². The molecule has 0 atom stereocenters. The van der Waals surface area contributed by atoms with Gasteiger partial charge in [0.2, 0.25) is 0 Å². The number of hydrazone groups is 1. The molecule has 0 unspecified atom stereocenters. The van der Waals surface area contributed by atoms with Crippen LogP contribution >= 0.6 is 24.0 Å². The molecule has 1 aliphatic rings. The van der Waals surface area contributed by atoms with Crippen LogP contribution in [-0.4, -0.2) is 67.3 Å². The van der Waals surface area contributed by atoms with Gasteiger partial charge in [0.05, 0.1) is 12.8 Å². The van der Waals surface area contributed by atoms with Crippen molar-refractivity contribution in [2.24, 2.45) is 5.10 Å². The standard InChI is InChI=1S/C20H25ClN4O2.ClH/c1-23(2)11-3-4-12-24-13-14-25(20(24)26)22-15-18-9-10-19(27-18)16-5-7-17(21)8-6-16;/h5-10,15H,3-4,11-14H2,1-2H3;1H/b22-15+;. The lowest BCUT2D eigenvalue weighted by Crippen LogP contribution is -2.30. The molecule has 8 heteroatoms. The molecule has 2 aromatic rings. The van der Waals surface area contributed by atoms with Crippen molar-refractivity contribution in [3.63, 3.8) is 0 Å². The Bertz CT molecular complexity index is 790. The zero-order valence-electron chi connectivity index (χ0n) is 16.2. The predicted octanol–water partition coefficient (Wildman–Crippen LogP) is 4.44. The summed E-state index contributed by atoms with van der Waals surface area (Å²) in [5.74, 6) is 1.35. The highest BCUT2D eigenvalue weighted by molar-refractivity contribution is 6.30. The van der Waals surface area contributed by atoms with Crippen molar-refractivity contribution in [3.05, 3.63) is 47.2 Å². The normalized spacial score (nSPS) is 14.4. The van der Waals surface area contributed by atoms with Crippen LogP contribution in [0.15, 0.2) is 45.9 Å². The lowest BCUT2D eigenvalue weighted by atomic mass is 10.2. The van der Waals surface area contributed by atoms with Crippen LogP contribution in [0.4, 0.5) is 4.79 Å². The Morgan fingerprint density at radius 3 is 2.61 bits per heavy atom. The summed E-state index contributed by atoms with van der Waals surface area (Å²) >= 11 is 5.91. The van der Waals surface area contributed by atoms with Gasteiger partial charge in [-0.3, -0.25) is 0 Å². The Labute approximate surface area is 177 Å². The molecule has 152 valence electrons. The van der Waals surface area contributed by atoms with E-state index in [1.807, 2.05) is 41.3 Å². The fourth-order valence-corrected chi connectivity index (χ4v) is 3.06. The first-order valence-corrected chi connectivity index (χ1v) is 9.51. The van der Waals surface area contributed by atoms with Crippen LogP contribution in [0.5, 0.6) is 0 Å². The molecule has 1 aromatic carbocycles. The van der Waals surface area contributed by atoms with Crippen molar-refractivity contribution in [1.82, 2.24) is 14.8 Å². The molecular weight excluding hydrogens is 399 g/mol. The zero-order valence-corrected chi connectivity index (χ0v) is 17.7. The Kier molecular flexibility index (Phi) is 8.35. The molecule has 28 heavy (non-hydrogen) atoms. The van der Waals surface area contributed by atoms with Crippen LogP contribution in [0.1, 0.15) is 18.6 Å². The number of hydrogen-bond donors (Lipinski definition) is 0. The summed E-state index contributed by atoms with van der Waals surface area (Å²) in [5.41, 5.74) is 0.945. The summed E-state index contributed by atoms with van der Waals surface area (Å²) < 4.78 is 5.78. The van der Waals surface area contributed by atoms with Crippen molar-refractivity contribution < 1.29 is 9.21 Å². The zero-order chi connectivity index (χ0) is 19.2. The van der Waals surface area contributed by atoms with Crippen molar-refractivity contribution in [2.45, 2.75) is 12.8 Å². The fourth-order valence-electron chi connectivity index (χ4n) is 2.93. The van der Waals surface area contributed by atoms with Crippen molar-refractivity contribution in [1.29, 1.82) is 0 Å². The van der Waals surface area contributed by atoms with Gasteiger partial charge in [0.15, 0.2) is 0 Å². The number of amides is 2. The Morgan fingerprint density at radius 1 is 1.14 bits per heavy atom. The molecule has 0 N–H and O–H groups in total. The first-order chi connectivity index (χ1) is 13.0. The number of benzene rings is 1. The lowest BCUT2D eigenvalue weighted by molar-refractivity contribution is 0.192. The van der Waals surface area contributed by atoms with Crippen LogP contribution in [-0.2, 0) is 0 Å². The number of halogens is 2. The molecule has 1 aromatic heterocycles. The molecule has 0 bridgehead atoms. The van der Waals surface area contributed by atoms with Crippen LogP contribution in [0.25, 0.3) is 11.3 Å². The topological polar surface area (TPSA) is 52.3 Å². The number of urea groups is 1. The molecule has 1 saturated heterocycles. The maximum absolute atomic E-state index is 12.4. The lowest BCUT2D eigenvalue weighted by Gasteiger charge is -2.16. The van der Waals surface area contributed by atoms with Gasteiger partial charge in [-0.1, -0.05) is 11.6 Å². The summed E-state index contributed by atoms with van der Waals surface area (Å²) in [6.07, 6.45) is 3.68. The van der Waals surface area contributed by atoms with E-state index in [1.54, 1.807) is 6.21 Å². The average Bonchev–Trinajstić information content (AvgIpc) is 3.25. The van der Waals surface area contributed by atoms with Gasteiger partial charge in [-0.2, -0.15) is 5.10 Å². The molecule has 1 fully saturated rings. The van der Waals surface area contributed by atoms with Gasteiger partial charge in [-0.05, 0) is 69.9 Å². The van der Waals surface area contributed by atoms with Gasteiger partial charge in [-0.25, -0.2) is 9.80 Å². The summed E-state index contributed by atoms with van der Waals surface area (Å²) in [6, 6.07) is 11.1. The second-order valence-corrected chi connectivity index (χ2v) is 7.29. The molecule has 0 spiro atoms. The smallest absolute Gasteiger partial charge is 0.340 e. The largest absolute Gasteiger partial charge is 0.455 e. The number of rotatable bonds is 8. The summed E-state index contributed by atoms with van der Waals surface area (Å²) in [5, 5.41) is 6.48. The minimum atomic E-state index is -0.0411. The molecule has 2 amide bonds. The monoisotopic (exact) mass is 424 g/mol.